The molecule has 116 valence electrons. The van der Waals surface area contributed by atoms with Gasteiger partial charge in [0.2, 0.25) is 0 Å². The summed E-state index contributed by atoms with van der Waals surface area (Å²) < 4.78 is 23.2. The topological polar surface area (TPSA) is 129 Å². The van der Waals surface area contributed by atoms with Gasteiger partial charge in [0.1, 0.15) is 0 Å². The van der Waals surface area contributed by atoms with Crippen LogP contribution in [0.25, 0.3) is 0 Å². The minimum atomic E-state index is -3.61. The Morgan fingerprint density at radius 1 is 1.23 bits per heavy atom. The molecule has 0 aliphatic heterocycles. The second kappa shape index (κ2) is 5.60. The Kier molecular flexibility index (Phi) is 4.00. The van der Waals surface area contributed by atoms with Gasteiger partial charge in [0.15, 0.2) is 15.5 Å². The third-order valence-corrected chi connectivity index (χ3v) is 3.87. The van der Waals surface area contributed by atoms with E-state index >= 15 is 0 Å². The summed E-state index contributed by atoms with van der Waals surface area (Å²) in [5.74, 6) is -1.87. The predicted octanol–water partition coefficient (Wildman–Crippen LogP) is 1.07. The maximum absolute atomic E-state index is 12.0. The first-order valence-corrected chi connectivity index (χ1v) is 7.98. The Bertz CT molecular complexity index is 854. The number of carbonyl (C=O) groups excluding carboxylic acids is 1. The lowest BCUT2D eigenvalue weighted by molar-refractivity contribution is 0.0696. The van der Waals surface area contributed by atoms with E-state index < -0.39 is 21.7 Å². The lowest BCUT2D eigenvalue weighted by Crippen LogP contribution is -2.14. The van der Waals surface area contributed by atoms with Gasteiger partial charge >= 0.3 is 5.97 Å². The molecule has 1 aromatic carbocycles. The van der Waals surface area contributed by atoms with Crippen molar-refractivity contribution in [1.82, 2.24) is 10.2 Å². The van der Waals surface area contributed by atoms with E-state index in [0.29, 0.717) is 5.69 Å². The van der Waals surface area contributed by atoms with Gasteiger partial charge < -0.3 is 10.4 Å². The number of hydrogen-bond acceptors (Lipinski definition) is 5. The van der Waals surface area contributed by atoms with Gasteiger partial charge in [-0.15, -0.1) is 0 Å². The zero-order valence-corrected chi connectivity index (χ0v) is 12.6. The number of rotatable bonds is 4. The van der Waals surface area contributed by atoms with Crippen molar-refractivity contribution in [2.75, 3.05) is 11.6 Å². The number of aromatic carboxylic acids is 1. The van der Waals surface area contributed by atoms with E-state index in [1.165, 1.54) is 18.2 Å². The Labute approximate surface area is 126 Å². The van der Waals surface area contributed by atoms with Crippen LogP contribution in [0.15, 0.2) is 29.2 Å². The fourth-order valence-electron chi connectivity index (χ4n) is 1.74. The van der Waals surface area contributed by atoms with E-state index in [1.54, 1.807) is 6.92 Å². The van der Waals surface area contributed by atoms with E-state index in [1.807, 2.05) is 0 Å². The molecule has 0 spiro atoms. The Balaban J connectivity index is 2.40. The number of carboxylic acids is 1. The van der Waals surface area contributed by atoms with Crippen LogP contribution >= 0.6 is 0 Å². The smallest absolute Gasteiger partial charge is 0.335 e. The third kappa shape index (κ3) is 3.50. The van der Waals surface area contributed by atoms with Gasteiger partial charge in [-0.3, -0.25) is 9.89 Å². The SMILES string of the molecule is Cc1cc(C(=O)Nc2cc(C(=O)O)cc(S(C)(=O)=O)c2)n[nH]1. The molecule has 1 heterocycles. The Morgan fingerprint density at radius 2 is 1.91 bits per heavy atom. The number of benzene rings is 1. The van der Waals surface area contributed by atoms with E-state index in [9.17, 15) is 18.0 Å². The number of aryl methyl sites for hydroxylation is 1. The van der Waals surface area contributed by atoms with Crippen LogP contribution in [0.1, 0.15) is 26.5 Å². The third-order valence-electron chi connectivity index (χ3n) is 2.78. The molecule has 0 unspecified atom stereocenters. The van der Waals surface area contributed by atoms with Gasteiger partial charge in [0, 0.05) is 17.6 Å². The van der Waals surface area contributed by atoms with Gasteiger partial charge in [-0.2, -0.15) is 5.10 Å². The largest absolute Gasteiger partial charge is 0.478 e. The first kappa shape index (κ1) is 15.7. The number of nitrogens with zero attached hydrogens (tertiary/aromatic N) is 1. The average Bonchev–Trinajstić information content (AvgIpc) is 2.84. The summed E-state index contributed by atoms with van der Waals surface area (Å²) in [7, 11) is -3.61. The van der Waals surface area contributed by atoms with E-state index in [-0.39, 0.29) is 21.8 Å². The van der Waals surface area contributed by atoms with Crippen molar-refractivity contribution in [2.24, 2.45) is 0 Å². The minimum absolute atomic E-state index is 0.0611. The van der Waals surface area contributed by atoms with Gasteiger partial charge in [0.05, 0.1) is 10.5 Å². The number of aromatic nitrogens is 2. The minimum Gasteiger partial charge on any atom is -0.478 e. The molecule has 0 aliphatic carbocycles. The quantitative estimate of drug-likeness (QED) is 0.772. The highest BCUT2D eigenvalue weighted by Gasteiger charge is 2.16. The standard InChI is InChI=1S/C13H13N3O5S/c1-7-3-11(16-15-7)12(17)14-9-4-8(13(18)19)5-10(6-9)22(2,20)21/h3-6H,1-2H3,(H,14,17)(H,15,16)(H,18,19). The summed E-state index contributed by atoms with van der Waals surface area (Å²) in [6.07, 6.45) is 0.955. The number of amides is 1. The molecule has 3 N–H and O–H groups in total. The molecule has 0 radical (unpaired) electrons. The first-order valence-electron chi connectivity index (χ1n) is 6.08. The van der Waals surface area contributed by atoms with Crippen molar-refractivity contribution in [2.45, 2.75) is 11.8 Å². The number of sulfone groups is 1. The fraction of sp³-hybridized carbons (Fsp3) is 0.154. The molecule has 2 rings (SSSR count). The summed E-state index contributed by atoms with van der Waals surface area (Å²) in [5, 5.41) is 17.8. The van der Waals surface area contributed by atoms with E-state index in [4.69, 9.17) is 5.11 Å². The maximum atomic E-state index is 12.0. The molecule has 0 atom stereocenters. The van der Waals surface area contributed by atoms with Crippen LogP contribution < -0.4 is 5.32 Å². The van der Waals surface area contributed by atoms with Crippen molar-refractivity contribution in [3.05, 3.63) is 41.2 Å². The number of carboxylic acid groups (broad SMARTS) is 1. The average molecular weight is 323 g/mol. The summed E-state index contributed by atoms with van der Waals surface area (Å²) in [6.45, 7) is 1.72. The van der Waals surface area contributed by atoms with Crippen molar-refractivity contribution >= 4 is 27.4 Å². The molecule has 0 aliphatic rings. The van der Waals surface area contributed by atoms with Crippen molar-refractivity contribution in [3.63, 3.8) is 0 Å². The molecular formula is C13H13N3O5S. The summed E-state index contributed by atoms with van der Waals surface area (Å²) in [6, 6.07) is 4.91. The van der Waals surface area contributed by atoms with Gasteiger partial charge in [-0.25, -0.2) is 13.2 Å². The van der Waals surface area contributed by atoms with Crippen LogP contribution in [-0.2, 0) is 9.84 Å². The van der Waals surface area contributed by atoms with Crippen molar-refractivity contribution in [3.8, 4) is 0 Å². The fourth-order valence-corrected chi connectivity index (χ4v) is 2.42. The first-order chi connectivity index (χ1) is 10.2. The van der Waals surface area contributed by atoms with Crippen LogP contribution in [0.3, 0.4) is 0 Å². The number of H-pyrrole nitrogens is 1. The highest BCUT2D eigenvalue weighted by molar-refractivity contribution is 7.90. The molecule has 1 amide bonds. The number of carbonyl (C=O) groups is 2. The number of hydrogen-bond donors (Lipinski definition) is 3. The zero-order valence-electron chi connectivity index (χ0n) is 11.7. The molecule has 2 aromatic rings. The predicted molar refractivity (Wildman–Crippen MR) is 77.8 cm³/mol. The summed E-state index contributed by atoms with van der Waals surface area (Å²) >= 11 is 0. The Morgan fingerprint density at radius 3 is 2.41 bits per heavy atom. The van der Waals surface area contributed by atoms with Gasteiger partial charge in [-0.1, -0.05) is 0 Å². The molecule has 0 saturated carbocycles. The maximum Gasteiger partial charge on any atom is 0.335 e. The number of anilines is 1. The molecular weight excluding hydrogens is 310 g/mol. The van der Waals surface area contributed by atoms with E-state index in [0.717, 1.165) is 12.3 Å². The van der Waals surface area contributed by atoms with Crippen LogP contribution in [0.2, 0.25) is 0 Å². The van der Waals surface area contributed by atoms with Gasteiger partial charge in [-0.05, 0) is 31.2 Å². The van der Waals surface area contributed by atoms with E-state index in [2.05, 4.69) is 15.5 Å². The van der Waals surface area contributed by atoms with Gasteiger partial charge in [0.25, 0.3) is 5.91 Å². The summed E-state index contributed by atoms with van der Waals surface area (Å²) in [5.41, 5.74) is 0.614. The molecule has 0 bridgehead atoms. The summed E-state index contributed by atoms with van der Waals surface area (Å²) in [4.78, 5) is 22.9. The highest BCUT2D eigenvalue weighted by Crippen LogP contribution is 2.20. The molecule has 8 nitrogen and oxygen atoms in total. The van der Waals surface area contributed by atoms with Crippen LogP contribution in [0.5, 0.6) is 0 Å². The molecule has 1 aromatic heterocycles. The number of nitrogens with one attached hydrogen (secondary N) is 2. The second-order valence-electron chi connectivity index (χ2n) is 4.71. The lowest BCUT2D eigenvalue weighted by atomic mass is 10.2. The highest BCUT2D eigenvalue weighted by atomic mass is 32.2. The lowest BCUT2D eigenvalue weighted by Gasteiger charge is -2.07. The normalized spacial score (nSPS) is 11.2. The molecule has 0 fully saturated rings. The van der Waals surface area contributed by atoms with Crippen molar-refractivity contribution < 1.29 is 23.1 Å². The molecule has 0 saturated heterocycles. The Hall–Kier alpha value is -2.68. The number of aromatic amines is 1. The van der Waals surface area contributed by atoms with Crippen LogP contribution in [0, 0.1) is 6.92 Å². The second-order valence-corrected chi connectivity index (χ2v) is 6.73. The molecule has 9 heteroatoms. The zero-order chi connectivity index (χ0) is 16.5. The van der Waals surface area contributed by atoms with Crippen LogP contribution in [-0.4, -0.2) is 41.9 Å². The molecule has 22 heavy (non-hydrogen) atoms. The van der Waals surface area contributed by atoms with Crippen molar-refractivity contribution in [1.29, 1.82) is 0 Å². The monoisotopic (exact) mass is 323 g/mol. The van der Waals surface area contributed by atoms with Crippen LogP contribution in [0.4, 0.5) is 5.69 Å².